The third kappa shape index (κ3) is 3.27. The number of para-hydroxylation sites is 1. The Kier molecular flexibility index (Phi) is 4.14. The van der Waals surface area contributed by atoms with Crippen molar-refractivity contribution in [1.82, 2.24) is 0 Å². The number of hydrogen-bond donors (Lipinski definition) is 1. The van der Waals surface area contributed by atoms with Gasteiger partial charge in [0, 0.05) is 19.1 Å². The quantitative estimate of drug-likeness (QED) is 0.878. The van der Waals surface area contributed by atoms with Gasteiger partial charge in [-0.2, -0.15) is 0 Å². The molecule has 0 spiro atoms. The Hall–Kier alpha value is -1.09. The third-order valence-corrected chi connectivity index (χ3v) is 4.16. The SMILES string of the molecule is CC(N)c1cccc(F)c1N1CCCC(C)(C)CC1. The number of nitrogens with two attached hydrogens (primary N) is 1. The molecule has 19 heavy (non-hydrogen) atoms. The fraction of sp³-hybridized carbons (Fsp3) is 0.625. The van der Waals surface area contributed by atoms with Crippen molar-refractivity contribution < 1.29 is 4.39 Å². The minimum atomic E-state index is -0.144. The summed E-state index contributed by atoms with van der Waals surface area (Å²) >= 11 is 0. The summed E-state index contributed by atoms with van der Waals surface area (Å²) in [6.07, 6.45) is 3.41. The summed E-state index contributed by atoms with van der Waals surface area (Å²) in [5.41, 5.74) is 7.98. The van der Waals surface area contributed by atoms with Gasteiger partial charge in [-0.15, -0.1) is 0 Å². The van der Waals surface area contributed by atoms with Crippen molar-refractivity contribution in [3.8, 4) is 0 Å². The second kappa shape index (κ2) is 5.49. The maximum atomic E-state index is 14.2. The smallest absolute Gasteiger partial charge is 0.146 e. The molecule has 1 unspecified atom stereocenters. The van der Waals surface area contributed by atoms with E-state index in [4.69, 9.17) is 5.73 Å². The normalized spacial score (nSPS) is 21.0. The van der Waals surface area contributed by atoms with E-state index in [1.807, 2.05) is 13.0 Å². The highest BCUT2D eigenvalue weighted by molar-refractivity contribution is 5.56. The van der Waals surface area contributed by atoms with E-state index in [1.54, 1.807) is 6.07 Å². The van der Waals surface area contributed by atoms with Crippen molar-refractivity contribution >= 4 is 5.69 Å². The Morgan fingerprint density at radius 3 is 2.68 bits per heavy atom. The van der Waals surface area contributed by atoms with Gasteiger partial charge in [0.2, 0.25) is 0 Å². The van der Waals surface area contributed by atoms with E-state index in [-0.39, 0.29) is 11.9 Å². The molecule has 1 aromatic carbocycles. The Balaban J connectivity index is 2.31. The summed E-state index contributed by atoms with van der Waals surface area (Å²) in [6, 6.07) is 5.09. The van der Waals surface area contributed by atoms with Crippen molar-refractivity contribution in [1.29, 1.82) is 0 Å². The molecule has 0 saturated carbocycles. The van der Waals surface area contributed by atoms with Crippen LogP contribution in [0.2, 0.25) is 0 Å². The van der Waals surface area contributed by atoms with Crippen molar-refractivity contribution in [3.05, 3.63) is 29.6 Å². The summed E-state index contributed by atoms with van der Waals surface area (Å²) in [5, 5.41) is 0. The van der Waals surface area contributed by atoms with Crippen molar-refractivity contribution in [2.24, 2.45) is 11.1 Å². The highest BCUT2D eigenvalue weighted by Crippen LogP contribution is 2.35. The lowest BCUT2D eigenvalue weighted by Crippen LogP contribution is -2.28. The molecule has 1 fully saturated rings. The fourth-order valence-electron chi connectivity index (χ4n) is 2.88. The molecule has 1 atom stereocenters. The van der Waals surface area contributed by atoms with Gasteiger partial charge in [-0.1, -0.05) is 26.0 Å². The number of anilines is 1. The van der Waals surface area contributed by atoms with E-state index < -0.39 is 0 Å². The topological polar surface area (TPSA) is 29.3 Å². The predicted molar refractivity (Wildman–Crippen MR) is 78.8 cm³/mol. The maximum Gasteiger partial charge on any atom is 0.146 e. The predicted octanol–water partition coefficient (Wildman–Crippen LogP) is 3.86. The van der Waals surface area contributed by atoms with Crippen molar-refractivity contribution in [2.45, 2.75) is 46.1 Å². The number of rotatable bonds is 2. The van der Waals surface area contributed by atoms with Crippen LogP contribution in [0.4, 0.5) is 10.1 Å². The second-order valence-corrected chi connectivity index (χ2v) is 6.47. The maximum absolute atomic E-state index is 14.2. The Labute approximate surface area is 115 Å². The van der Waals surface area contributed by atoms with Crippen LogP contribution in [-0.4, -0.2) is 13.1 Å². The highest BCUT2D eigenvalue weighted by Gasteiger charge is 2.26. The lowest BCUT2D eigenvalue weighted by molar-refractivity contribution is 0.325. The number of hydrogen-bond acceptors (Lipinski definition) is 2. The van der Waals surface area contributed by atoms with E-state index in [0.29, 0.717) is 5.41 Å². The Bertz CT molecular complexity index is 440. The van der Waals surface area contributed by atoms with Crippen LogP contribution in [0.5, 0.6) is 0 Å². The molecule has 2 N–H and O–H groups in total. The molecule has 1 heterocycles. The van der Waals surface area contributed by atoms with Gasteiger partial charge in [-0.25, -0.2) is 4.39 Å². The molecule has 106 valence electrons. The molecule has 3 heteroatoms. The highest BCUT2D eigenvalue weighted by atomic mass is 19.1. The Morgan fingerprint density at radius 2 is 2.00 bits per heavy atom. The second-order valence-electron chi connectivity index (χ2n) is 6.47. The van der Waals surface area contributed by atoms with Crippen LogP contribution in [0.1, 0.15) is 51.6 Å². The van der Waals surface area contributed by atoms with Gasteiger partial charge in [0.25, 0.3) is 0 Å². The molecule has 2 nitrogen and oxygen atoms in total. The summed E-state index contributed by atoms with van der Waals surface area (Å²) in [5.74, 6) is -0.144. The van der Waals surface area contributed by atoms with Gasteiger partial charge >= 0.3 is 0 Å². The molecule has 1 aliphatic rings. The molecule has 2 rings (SSSR count). The summed E-state index contributed by atoms with van der Waals surface area (Å²) < 4.78 is 14.2. The summed E-state index contributed by atoms with van der Waals surface area (Å²) in [6.45, 7) is 8.34. The third-order valence-electron chi connectivity index (χ3n) is 4.16. The fourth-order valence-corrected chi connectivity index (χ4v) is 2.88. The van der Waals surface area contributed by atoms with Gasteiger partial charge in [-0.05, 0) is 43.2 Å². The van der Waals surface area contributed by atoms with E-state index in [0.717, 1.165) is 37.2 Å². The minimum absolute atomic E-state index is 0.137. The molecule has 1 saturated heterocycles. The van der Waals surface area contributed by atoms with E-state index in [1.165, 1.54) is 12.5 Å². The summed E-state index contributed by atoms with van der Waals surface area (Å²) in [7, 11) is 0. The van der Waals surface area contributed by atoms with Gasteiger partial charge in [0.05, 0.1) is 5.69 Å². The number of nitrogens with zero attached hydrogens (tertiary/aromatic N) is 1. The number of benzene rings is 1. The van der Waals surface area contributed by atoms with Crippen molar-refractivity contribution in [2.75, 3.05) is 18.0 Å². The standard InChI is InChI=1S/C16H25FN2/c1-12(18)13-6-4-7-14(17)15(13)19-10-5-8-16(2,3)9-11-19/h4,6-7,12H,5,8-11,18H2,1-3H3. The van der Waals surface area contributed by atoms with E-state index >= 15 is 0 Å². The monoisotopic (exact) mass is 264 g/mol. The van der Waals surface area contributed by atoms with Gasteiger partial charge < -0.3 is 10.6 Å². The molecule has 0 aliphatic carbocycles. The molecule has 1 aliphatic heterocycles. The van der Waals surface area contributed by atoms with Crippen LogP contribution in [0.15, 0.2) is 18.2 Å². The molecule has 1 aromatic rings. The first-order valence-electron chi connectivity index (χ1n) is 7.20. The molecular formula is C16H25FN2. The van der Waals surface area contributed by atoms with Crippen molar-refractivity contribution in [3.63, 3.8) is 0 Å². The average Bonchev–Trinajstić information content (AvgIpc) is 2.50. The lowest BCUT2D eigenvalue weighted by atomic mass is 9.85. The molecule has 0 aromatic heterocycles. The molecule has 0 bridgehead atoms. The van der Waals surface area contributed by atoms with E-state index in [9.17, 15) is 4.39 Å². The zero-order valence-electron chi connectivity index (χ0n) is 12.2. The van der Waals surface area contributed by atoms with Crippen LogP contribution in [0.3, 0.4) is 0 Å². The Morgan fingerprint density at radius 1 is 1.26 bits per heavy atom. The largest absolute Gasteiger partial charge is 0.369 e. The van der Waals surface area contributed by atoms with E-state index in [2.05, 4.69) is 18.7 Å². The molecule has 0 amide bonds. The van der Waals surface area contributed by atoms with Gasteiger partial charge in [0.15, 0.2) is 0 Å². The first-order valence-corrected chi connectivity index (χ1v) is 7.20. The average molecular weight is 264 g/mol. The van der Waals surface area contributed by atoms with Gasteiger partial charge in [0.1, 0.15) is 5.82 Å². The zero-order chi connectivity index (χ0) is 14.0. The summed E-state index contributed by atoms with van der Waals surface area (Å²) in [4.78, 5) is 2.18. The van der Waals surface area contributed by atoms with Crippen LogP contribution in [0.25, 0.3) is 0 Å². The first-order chi connectivity index (χ1) is 8.91. The van der Waals surface area contributed by atoms with Crippen LogP contribution < -0.4 is 10.6 Å². The minimum Gasteiger partial charge on any atom is -0.369 e. The van der Waals surface area contributed by atoms with Gasteiger partial charge in [-0.3, -0.25) is 0 Å². The van der Waals surface area contributed by atoms with Crippen LogP contribution in [0, 0.1) is 11.2 Å². The molecule has 0 radical (unpaired) electrons. The number of halogens is 1. The lowest BCUT2D eigenvalue weighted by Gasteiger charge is -2.28. The van der Waals surface area contributed by atoms with Crippen LogP contribution in [-0.2, 0) is 0 Å². The van der Waals surface area contributed by atoms with Crippen LogP contribution >= 0.6 is 0 Å². The molecular weight excluding hydrogens is 239 g/mol. The first kappa shape index (κ1) is 14.3. The zero-order valence-corrected chi connectivity index (χ0v) is 12.2.